The number of anilines is 1. The summed E-state index contributed by atoms with van der Waals surface area (Å²) >= 11 is 1.40. The predicted octanol–water partition coefficient (Wildman–Crippen LogP) is 4.52. The summed E-state index contributed by atoms with van der Waals surface area (Å²) in [4.78, 5) is 17.6. The van der Waals surface area contributed by atoms with E-state index in [1.165, 1.54) is 23.5 Å². The zero-order valence-electron chi connectivity index (χ0n) is 13.2. The number of hydrogen-bond acceptors (Lipinski definition) is 4. The molecular weight excluding hydrogens is 327 g/mol. The second-order valence-electron chi connectivity index (χ2n) is 5.10. The van der Waals surface area contributed by atoms with E-state index in [0.29, 0.717) is 17.1 Å². The Hall–Kier alpha value is -2.73. The van der Waals surface area contributed by atoms with Crippen molar-refractivity contribution >= 4 is 22.9 Å². The number of amides is 1. The van der Waals surface area contributed by atoms with E-state index in [4.69, 9.17) is 4.74 Å². The maximum atomic E-state index is 13.1. The van der Waals surface area contributed by atoms with E-state index in [2.05, 4.69) is 10.3 Å². The molecule has 1 aromatic heterocycles. The highest BCUT2D eigenvalue weighted by atomic mass is 32.1. The number of nitrogens with zero attached hydrogens (tertiary/aromatic N) is 1. The Kier molecular flexibility index (Phi) is 4.57. The van der Waals surface area contributed by atoms with Gasteiger partial charge in [0.25, 0.3) is 5.91 Å². The summed E-state index contributed by atoms with van der Waals surface area (Å²) in [5.74, 6) is 0.0950. The van der Waals surface area contributed by atoms with Gasteiger partial charge in [0.2, 0.25) is 0 Å². The average Bonchev–Trinajstić information content (AvgIpc) is 2.98. The summed E-state index contributed by atoms with van der Waals surface area (Å²) < 4.78 is 18.2. The van der Waals surface area contributed by atoms with Crippen molar-refractivity contribution in [3.63, 3.8) is 0 Å². The number of rotatable bonds is 4. The lowest BCUT2D eigenvalue weighted by molar-refractivity contribution is 0.102. The van der Waals surface area contributed by atoms with Gasteiger partial charge in [-0.2, -0.15) is 0 Å². The first-order valence-corrected chi connectivity index (χ1v) is 8.07. The number of hydrogen-bond donors (Lipinski definition) is 1. The standard InChI is InChI=1S/C18H15FN2O2S/c1-11-20-16(17(24-11)12-3-5-13(19)6-4-12)18(22)21-14-7-9-15(23-2)10-8-14/h3-10H,1-2H3,(H,21,22). The molecule has 1 N–H and O–H groups in total. The fourth-order valence-electron chi connectivity index (χ4n) is 2.24. The molecule has 0 aliphatic heterocycles. The van der Waals surface area contributed by atoms with Crippen LogP contribution in [0.1, 0.15) is 15.5 Å². The zero-order chi connectivity index (χ0) is 17.1. The van der Waals surface area contributed by atoms with Crippen LogP contribution in [-0.2, 0) is 0 Å². The first kappa shape index (κ1) is 16.1. The first-order chi connectivity index (χ1) is 11.6. The third kappa shape index (κ3) is 3.44. The normalized spacial score (nSPS) is 10.5. The molecule has 0 fully saturated rings. The molecule has 24 heavy (non-hydrogen) atoms. The van der Waals surface area contributed by atoms with Crippen molar-refractivity contribution in [2.24, 2.45) is 0 Å². The van der Waals surface area contributed by atoms with Crippen molar-refractivity contribution in [3.05, 3.63) is 65.0 Å². The summed E-state index contributed by atoms with van der Waals surface area (Å²) in [7, 11) is 1.58. The molecule has 2 aromatic carbocycles. The summed E-state index contributed by atoms with van der Waals surface area (Å²) in [6.45, 7) is 1.84. The van der Waals surface area contributed by atoms with Gasteiger partial charge in [-0.15, -0.1) is 11.3 Å². The number of ether oxygens (including phenoxy) is 1. The highest BCUT2D eigenvalue weighted by molar-refractivity contribution is 7.15. The molecule has 1 heterocycles. The van der Waals surface area contributed by atoms with Gasteiger partial charge in [0.1, 0.15) is 17.3 Å². The number of nitrogens with one attached hydrogen (secondary N) is 1. The Labute approximate surface area is 142 Å². The Morgan fingerprint density at radius 3 is 2.42 bits per heavy atom. The van der Waals surface area contributed by atoms with Gasteiger partial charge in [-0.3, -0.25) is 4.79 Å². The lowest BCUT2D eigenvalue weighted by Crippen LogP contribution is -2.13. The molecule has 3 aromatic rings. The second-order valence-corrected chi connectivity index (χ2v) is 6.30. The number of aromatic nitrogens is 1. The van der Waals surface area contributed by atoms with E-state index >= 15 is 0 Å². The number of benzene rings is 2. The maximum absolute atomic E-state index is 13.1. The summed E-state index contributed by atoms with van der Waals surface area (Å²) in [6, 6.07) is 13.1. The van der Waals surface area contributed by atoms with Crippen LogP contribution in [0.4, 0.5) is 10.1 Å². The van der Waals surface area contributed by atoms with Crippen LogP contribution in [0.25, 0.3) is 10.4 Å². The largest absolute Gasteiger partial charge is 0.497 e. The highest BCUT2D eigenvalue weighted by Crippen LogP contribution is 2.31. The minimum Gasteiger partial charge on any atom is -0.497 e. The highest BCUT2D eigenvalue weighted by Gasteiger charge is 2.18. The van der Waals surface area contributed by atoms with Crippen LogP contribution < -0.4 is 10.1 Å². The maximum Gasteiger partial charge on any atom is 0.275 e. The Morgan fingerprint density at radius 2 is 1.79 bits per heavy atom. The molecule has 6 heteroatoms. The SMILES string of the molecule is COc1ccc(NC(=O)c2nc(C)sc2-c2ccc(F)cc2)cc1. The van der Waals surface area contributed by atoms with Crippen LogP contribution in [0.2, 0.25) is 0 Å². The van der Waals surface area contributed by atoms with Gasteiger partial charge in [0.05, 0.1) is 17.0 Å². The van der Waals surface area contributed by atoms with Crippen LogP contribution in [-0.4, -0.2) is 18.0 Å². The van der Waals surface area contributed by atoms with Gasteiger partial charge in [0, 0.05) is 5.69 Å². The lowest BCUT2D eigenvalue weighted by atomic mass is 10.1. The molecule has 1 amide bonds. The topological polar surface area (TPSA) is 51.2 Å². The van der Waals surface area contributed by atoms with Gasteiger partial charge >= 0.3 is 0 Å². The lowest BCUT2D eigenvalue weighted by Gasteiger charge is -2.06. The Bertz CT molecular complexity index is 858. The minimum absolute atomic E-state index is 0.302. The fraction of sp³-hybridized carbons (Fsp3) is 0.111. The molecule has 0 radical (unpaired) electrons. The molecule has 0 saturated heterocycles. The number of carbonyl (C=O) groups excluding carboxylic acids is 1. The third-order valence-corrected chi connectivity index (χ3v) is 4.42. The number of methoxy groups -OCH3 is 1. The van der Waals surface area contributed by atoms with Crippen LogP contribution >= 0.6 is 11.3 Å². The van der Waals surface area contributed by atoms with Crippen LogP contribution in [0.5, 0.6) is 5.75 Å². The summed E-state index contributed by atoms with van der Waals surface area (Å²) in [5.41, 5.74) is 1.75. The van der Waals surface area contributed by atoms with E-state index in [9.17, 15) is 9.18 Å². The zero-order valence-corrected chi connectivity index (χ0v) is 14.0. The predicted molar refractivity (Wildman–Crippen MR) is 93.2 cm³/mol. The smallest absolute Gasteiger partial charge is 0.275 e. The van der Waals surface area contributed by atoms with Crippen molar-refractivity contribution < 1.29 is 13.9 Å². The number of thiazole rings is 1. The molecule has 0 bridgehead atoms. The van der Waals surface area contributed by atoms with E-state index in [1.807, 2.05) is 6.92 Å². The van der Waals surface area contributed by atoms with E-state index in [0.717, 1.165) is 15.4 Å². The molecule has 0 spiro atoms. The molecule has 0 saturated carbocycles. The van der Waals surface area contributed by atoms with Crippen molar-refractivity contribution in [2.45, 2.75) is 6.92 Å². The summed E-state index contributed by atoms with van der Waals surface area (Å²) in [5, 5.41) is 3.59. The van der Waals surface area contributed by atoms with Gasteiger partial charge < -0.3 is 10.1 Å². The molecule has 122 valence electrons. The molecule has 0 aliphatic carbocycles. The quantitative estimate of drug-likeness (QED) is 0.758. The third-order valence-electron chi connectivity index (χ3n) is 3.40. The monoisotopic (exact) mass is 342 g/mol. The van der Waals surface area contributed by atoms with Crippen LogP contribution in [0.15, 0.2) is 48.5 Å². The van der Waals surface area contributed by atoms with Gasteiger partial charge in [-0.05, 0) is 48.9 Å². The van der Waals surface area contributed by atoms with E-state index in [1.54, 1.807) is 43.5 Å². The van der Waals surface area contributed by atoms with E-state index in [-0.39, 0.29) is 11.7 Å². The van der Waals surface area contributed by atoms with Gasteiger partial charge in [-0.1, -0.05) is 12.1 Å². The van der Waals surface area contributed by atoms with Gasteiger partial charge in [0.15, 0.2) is 0 Å². The van der Waals surface area contributed by atoms with Gasteiger partial charge in [-0.25, -0.2) is 9.37 Å². The number of carbonyl (C=O) groups is 1. The summed E-state index contributed by atoms with van der Waals surface area (Å²) in [6.07, 6.45) is 0. The molecule has 0 atom stereocenters. The molecule has 3 rings (SSSR count). The molecule has 0 aliphatic rings. The Balaban J connectivity index is 1.88. The molecule has 0 unspecified atom stereocenters. The van der Waals surface area contributed by atoms with Crippen molar-refractivity contribution in [3.8, 4) is 16.2 Å². The minimum atomic E-state index is -0.316. The fourth-order valence-corrected chi connectivity index (χ4v) is 3.16. The van der Waals surface area contributed by atoms with Crippen LogP contribution in [0, 0.1) is 12.7 Å². The van der Waals surface area contributed by atoms with E-state index < -0.39 is 0 Å². The van der Waals surface area contributed by atoms with Crippen molar-refractivity contribution in [1.29, 1.82) is 0 Å². The number of halogens is 1. The Morgan fingerprint density at radius 1 is 1.12 bits per heavy atom. The second kappa shape index (κ2) is 6.80. The molecule has 4 nitrogen and oxygen atoms in total. The van der Waals surface area contributed by atoms with Crippen molar-refractivity contribution in [2.75, 3.05) is 12.4 Å². The number of aryl methyl sites for hydroxylation is 1. The first-order valence-electron chi connectivity index (χ1n) is 7.25. The van der Waals surface area contributed by atoms with Crippen molar-refractivity contribution in [1.82, 2.24) is 4.98 Å². The average molecular weight is 342 g/mol. The molecular formula is C18H15FN2O2S. The van der Waals surface area contributed by atoms with Crippen LogP contribution in [0.3, 0.4) is 0 Å².